The minimum atomic E-state index is -0.845. The SMILES string of the molecule is CC1OCCC1c1nnnn1C(CC(=O)O)C(C)(C)C. The number of carbonyl (C=O) groups is 1. The van der Waals surface area contributed by atoms with Crippen molar-refractivity contribution in [2.75, 3.05) is 6.61 Å². The van der Waals surface area contributed by atoms with Gasteiger partial charge in [0.05, 0.1) is 18.6 Å². The summed E-state index contributed by atoms with van der Waals surface area (Å²) in [6, 6.07) is -0.280. The molecule has 0 amide bonds. The summed E-state index contributed by atoms with van der Waals surface area (Å²) >= 11 is 0. The number of hydrogen-bond acceptors (Lipinski definition) is 5. The Balaban J connectivity index is 2.35. The van der Waals surface area contributed by atoms with Gasteiger partial charge in [0.1, 0.15) is 0 Å². The fraction of sp³-hybridized carbons (Fsp3) is 0.846. The van der Waals surface area contributed by atoms with Crippen LogP contribution in [0, 0.1) is 5.41 Å². The first-order valence-corrected chi connectivity index (χ1v) is 6.92. The molecule has 1 aliphatic heterocycles. The van der Waals surface area contributed by atoms with Crippen LogP contribution in [0.1, 0.15) is 58.3 Å². The molecule has 1 saturated heterocycles. The molecular formula is C13H22N4O3. The van der Waals surface area contributed by atoms with Crippen LogP contribution in [0.25, 0.3) is 0 Å². The van der Waals surface area contributed by atoms with Crippen molar-refractivity contribution in [3.8, 4) is 0 Å². The highest BCUT2D eigenvalue weighted by Gasteiger charge is 2.36. The number of aromatic nitrogens is 4. The third kappa shape index (κ3) is 2.98. The number of carboxylic acids is 1. The predicted octanol–water partition coefficient (Wildman–Crippen LogP) is 1.63. The standard InChI is InChI=1S/C13H22N4O3/c1-8-9(5-6-20-8)12-14-15-16-17(12)10(7-11(18)19)13(2,3)4/h8-10H,5-7H2,1-4H3,(H,18,19). The van der Waals surface area contributed by atoms with Crippen molar-refractivity contribution in [2.45, 2.75) is 58.6 Å². The van der Waals surface area contributed by atoms with Crippen molar-refractivity contribution >= 4 is 5.97 Å². The molecule has 1 aromatic rings. The first-order chi connectivity index (χ1) is 9.30. The Morgan fingerprint density at radius 2 is 2.25 bits per heavy atom. The summed E-state index contributed by atoms with van der Waals surface area (Å²) in [4.78, 5) is 11.1. The van der Waals surface area contributed by atoms with Crippen LogP contribution < -0.4 is 0 Å². The van der Waals surface area contributed by atoms with Gasteiger partial charge in [-0.2, -0.15) is 0 Å². The zero-order chi connectivity index (χ0) is 14.9. The molecule has 2 heterocycles. The monoisotopic (exact) mass is 282 g/mol. The molecule has 7 nitrogen and oxygen atoms in total. The summed E-state index contributed by atoms with van der Waals surface area (Å²) in [7, 11) is 0. The van der Waals surface area contributed by atoms with Crippen molar-refractivity contribution in [3.05, 3.63) is 5.82 Å². The highest BCUT2D eigenvalue weighted by molar-refractivity contribution is 5.67. The Hall–Kier alpha value is -1.50. The maximum atomic E-state index is 11.1. The summed E-state index contributed by atoms with van der Waals surface area (Å²) < 4.78 is 7.25. The van der Waals surface area contributed by atoms with Gasteiger partial charge < -0.3 is 9.84 Å². The molecule has 1 aliphatic rings. The van der Waals surface area contributed by atoms with E-state index in [0.717, 1.165) is 12.2 Å². The van der Waals surface area contributed by atoms with Gasteiger partial charge in [-0.1, -0.05) is 20.8 Å². The third-order valence-electron chi connectivity index (χ3n) is 3.89. The highest BCUT2D eigenvalue weighted by Crippen LogP contribution is 2.37. The summed E-state index contributed by atoms with van der Waals surface area (Å²) in [5.74, 6) is 0.0157. The average Bonchev–Trinajstić information content (AvgIpc) is 2.92. The Morgan fingerprint density at radius 1 is 1.55 bits per heavy atom. The minimum absolute atomic E-state index is 0.00347. The number of nitrogens with zero attached hydrogens (tertiary/aromatic N) is 4. The van der Waals surface area contributed by atoms with E-state index in [0.29, 0.717) is 6.61 Å². The third-order valence-corrected chi connectivity index (χ3v) is 3.89. The molecule has 20 heavy (non-hydrogen) atoms. The fourth-order valence-corrected chi connectivity index (χ4v) is 2.66. The molecular weight excluding hydrogens is 260 g/mol. The Morgan fingerprint density at radius 3 is 2.75 bits per heavy atom. The van der Waals surface area contributed by atoms with E-state index in [4.69, 9.17) is 9.84 Å². The van der Waals surface area contributed by atoms with E-state index in [1.54, 1.807) is 4.68 Å². The molecule has 0 saturated carbocycles. The van der Waals surface area contributed by atoms with Crippen molar-refractivity contribution in [1.82, 2.24) is 20.2 Å². The second-order valence-electron chi connectivity index (χ2n) is 6.43. The largest absolute Gasteiger partial charge is 0.481 e. The van der Waals surface area contributed by atoms with Crippen molar-refractivity contribution in [1.29, 1.82) is 0 Å². The lowest BCUT2D eigenvalue weighted by molar-refractivity contribution is -0.138. The summed E-state index contributed by atoms with van der Waals surface area (Å²) in [5.41, 5.74) is -0.245. The van der Waals surface area contributed by atoms with Gasteiger partial charge in [-0.3, -0.25) is 4.79 Å². The van der Waals surface area contributed by atoms with Gasteiger partial charge in [0, 0.05) is 12.5 Å². The summed E-state index contributed by atoms with van der Waals surface area (Å²) in [6.07, 6.45) is 0.930. The quantitative estimate of drug-likeness (QED) is 0.902. The molecule has 112 valence electrons. The van der Waals surface area contributed by atoms with Crippen LogP contribution in [0.15, 0.2) is 0 Å². The van der Waals surface area contributed by atoms with E-state index < -0.39 is 5.97 Å². The zero-order valence-electron chi connectivity index (χ0n) is 12.4. The number of hydrogen-bond donors (Lipinski definition) is 1. The average molecular weight is 282 g/mol. The van der Waals surface area contributed by atoms with Crippen LogP contribution in [0.2, 0.25) is 0 Å². The second kappa shape index (κ2) is 5.47. The Labute approximate surface area is 118 Å². The maximum absolute atomic E-state index is 11.1. The fourth-order valence-electron chi connectivity index (χ4n) is 2.66. The number of aliphatic carboxylic acids is 1. The number of rotatable bonds is 4. The van der Waals surface area contributed by atoms with Crippen molar-refractivity contribution in [2.24, 2.45) is 5.41 Å². The highest BCUT2D eigenvalue weighted by atomic mass is 16.5. The summed E-state index contributed by atoms with van der Waals surface area (Å²) in [6.45, 7) is 8.69. The molecule has 7 heteroatoms. The van der Waals surface area contributed by atoms with E-state index >= 15 is 0 Å². The summed E-state index contributed by atoms with van der Waals surface area (Å²) in [5, 5.41) is 21.1. The molecule has 0 spiro atoms. The molecule has 1 aromatic heterocycles. The van der Waals surface area contributed by atoms with Crippen LogP contribution in [0.3, 0.4) is 0 Å². The normalized spacial score (nSPS) is 24.8. The molecule has 0 radical (unpaired) electrons. The van der Waals surface area contributed by atoms with Gasteiger partial charge in [-0.25, -0.2) is 4.68 Å². The lowest BCUT2D eigenvalue weighted by Gasteiger charge is -2.30. The molecule has 2 rings (SSSR count). The van der Waals surface area contributed by atoms with E-state index in [-0.39, 0.29) is 29.9 Å². The molecule has 0 bridgehead atoms. The lowest BCUT2D eigenvalue weighted by Crippen LogP contribution is -2.30. The van der Waals surface area contributed by atoms with Gasteiger partial charge in [-0.15, -0.1) is 5.10 Å². The molecule has 3 atom stereocenters. The Kier molecular flexibility index (Phi) is 4.08. The first kappa shape index (κ1) is 14.9. The van der Waals surface area contributed by atoms with Gasteiger partial charge >= 0.3 is 5.97 Å². The van der Waals surface area contributed by atoms with E-state index in [1.807, 2.05) is 27.7 Å². The molecule has 0 aliphatic carbocycles. The maximum Gasteiger partial charge on any atom is 0.305 e. The van der Waals surface area contributed by atoms with E-state index in [2.05, 4.69) is 15.5 Å². The topological polar surface area (TPSA) is 90.1 Å². The van der Waals surface area contributed by atoms with Crippen LogP contribution in [-0.2, 0) is 9.53 Å². The van der Waals surface area contributed by atoms with Gasteiger partial charge in [0.25, 0.3) is 0 Å². The predicted molar refractivity (Wildman–Crippen MR) is 71.3 cm³/mol. The second-order valence-corrected chi connectivity index (χ2v) is 6.43. The van der Waals surface area contributed by atoms with Crippen molar-refractivity contribution in [3.63, 3.8) is 0 Å². The molecule has 1 N–H and O–H groups in total. The Bertz CT molecular complexity index is 480. The van der Waals surface area contributed by atoms with Crippen molar-refractivity contribution < 1.29 is 14.6 Å². The molecule has 3 unspecified atom stereocenters. The van der Waals surface area contributed by atoms with E-state index in [1.165, 1.54) is 0 Å². The lowest BCUT2D eigenvalue weighted by atomic mass is 9.84. The number of ether oxygens (including phenoxy) is 1. The smallest absolute Gasteiger partial charge is 0.305 e. The van der Waals surface area contributed by atoms with Crippen LogP contribution >= 0.6 is 0 Å². The zero-order valence-corrected chi connectivity index (χ0v) is 12.4. The van der Waals surface area contributed by atoms with E-state index in [9.17, 15) is 4.79 Å². The van der Waals surface area contributed by atoms with Gasteiger partial charge in [0.2, 0.25) is 0 Å². The number of tetrazole rings is 1. The molecule has 0 aromatic carbocycles. The van der Waals surface area contributed by atoms with Gasteiger partial charge in [0.15, 0.2) is 5.82 Å². The molecule has 1 fully saturated rings. The first-order valence-electron chi connectivity index (χ1n) is 6.92. The van der Waals surface area contributed by atoms with Crippen LogP contribution in [-0.4, -0.2) is 44.0 Å². The number of carboxylic acid groups (broad SMARTS) is 1. The van der Waals surface area contributed by atoms with Crippen LogP contribution in [0.5, 0.6) is 0 Å². The van der Waals surface area contributed by atoms with Gasteiger partial charge in [-0.05, 0) is 29.2 Å². The minimum Gasteiger partial charge on any atom is -0.481 e. The van der Waals surface area contributed by atoms with Crippen LogP contribution in [0.4, 0.5) is 0 Å².